The van der Waals surface area contributed by atoms with Gasteiger partial charge in [-0.05, 0) is 43.0 Å². The minimum Gasteiger partial charge on any atom is -0.491 e. The molecule has 1 unspecified atom stereocenters. The van der Waals surface area contributed by atoms with E-state index in [4.69, 9.17) is 9.47 Å². The second-order valence-corrected chi connectivity index (χ2v) is 6.18. The maximum absolute atomic E-state index is 5.79. The van der Waals surface area contributed by atoms with Crippen LogP contribution in [0.2, 0.25) is 0 Å². The van der Waals surface area contributed by atoms with Crippen LogP contribution in [0.15, 0.2) is 48.5 Å². The Morgan fingerprint density at radius 1 is 1.09 bits per heavy atom. The van der Waals surface area contributed by atoms with E-state index in [0.717, 1.165) is 38.3 Å². The van der Waals surface area contributed by atoms with Crippen LogP contribution < -0.4 is 10.1 Å². The molecule has 1 heterocycles. The highest BCUT2D eigenvalue weighted by molar-refractivity contribution is 5.27. The topological polar surface area (TPSA) is 30.5 Å². The van der Waals surface area contributed by atoms with Gasteiger partial charge in [-0.25, -0.2) is 0 Å². The lowest BCUT2D eigenvalue weighted by molar-refractivity contribution is 0.0679. The summed E-state index contributed by atoms with van der Waals surface area (Å²) in [5.74, 6) is 0.919. The predicted molar refractivity (Wildman–Crippen MR) is 92.6 cm³/mol. The Hall–Kier alpha value is -1.84. The molecule has 1 saturated heterocycles. The fourth-order valence-corrected chi connectivity index (χ4v) is 2.84. The molecule has 3 rings (SSSR count). The van der Waals surface area contributed by atoms with Gasteiger partial charge in [-0.15, -0.1) is 0 Å². The Morgan fingerprint density at radius 3 is 2.65 bits per heavy atom. The Kier molecular flexibility index (Phi) is 5.67. The summed E-state index contributed by atoms with van der Waals surface area (Å²) in [6, 6.07) is 16.9. The van der Waals surface area contributed by atoms with Crippen molar-refractivity contribution in [2.75, 3.05) is 13.2 Å². The van der Waals surface area contributed by atoms with Crippen molar-refractivity contribution < 1.29 is 9.47 Å². The third-order valence-corrected chi connectivity index (χ3v) is 4.12. The van der Waals surface area contributed by atoms with Crippen LogP contribution in [0.1, 0.15) is 29.5 Å². The fourth-order valence-electron chi connectivity index (χ4n) is 2.84. The first-order valence-corrected chi connectivity index (χ1v) is 8.39. The van der Waals surface area contributed by atoms with E-state index in [2.05, 4.69) is 48.6 Å². The van der Waals surface area contributed by atoms with Crippen LogP contribution in [0.3, 0.4) is 0 Å². The van der Waals surface area contributed by atoms with E-state index in [0.29, 0.717) is 6.61 Å². The van der Waals surface area contributed by atoms with Crippen LogP contribution in [0.5, 0.6) is 5.75 Å². The SMILES string of the molecule is Cc1cccc(CNCc2ccc(OCC3CCCO3)cc2)c1. The summed E-state index contributed by atoms with van der Waals surface area (Å²) in [7, 11) is 0. The molecule has 122 valence electrons. The van der Waals surface area contributed by atoms with Crippen molar-refractivity contribution in [3.05, 3.63) is 65.2 Å². The maximum Gasteiger partial charge on any atom is 0.119 e. The summed E-state index contributed by atoms with van der Waals surface area (Å²) >= 11 is 0. The second-order valence-electron chi connectivity index (χ2n) is 6.18. The smallest absolute Gasteiger partial charge is 0.119 e. The quantitative estimate of drug-likeness (QED) is 0.842. The van der Waals surface area contributed by atoms with E-state index in [1.165, 1.54) is 16.7 Å². The monoisotopic (exact) mass is 311 g/mol. The number of ether oxygens (including phenoxy) is 2. The molecule has 1 fully saturated rings. The van der Waals surface area contributed by atoms with E-state index >= 15 is 0 Å². The third kappa shape index (κ3) is 5.08. The fraction of sp³-hybridized carbons (Fsp3) is 0.400. The summed E-state index contributed by atoms with van der Waals surface area (Å²) in [4.78, 5) is 0. The molecule has 1 atom stereocenters. The van der Waals surface area contributed by atoms with E-state index < -0.39 is 0 Å². The number of aryl methyl sites for hydroxylation is 1. The number of hydrogen-bond donors (Lipinski definition) is 1. The first kappa shape index (κ1) is 16.0. The van der Waals surface area contributed by atoms with Gasteiger partial charge in [-0.2, -0.15) is 0 Å². The average molecular weight is 311 g/mol. The van der Waals surface area contributed by atoms with Gasteiger partial charge >= 0.3 is 0 Å². The highest BCUT2D eigenvalue weighted by Crippen LogP contribution is 2.16. The summed E-state index contributed by atoms with van der Waals surface area (Å²) in [5, 5.41) is 3.48. The molecule has 23 heavy (non-hydrogen) atoms. The van der Waals surface area contributed by atoms with Gasteiger partial charge < -0.3 is 14.8 Å². The zero-order chi connectivity index (χ0) is 15.9. The molecule has 0 aromatic heterocycles. The average Bonchev–Trinajstić information content (AvgIpc) is 3.08. The molecule has 2 aromatic carbocycles. The van der Waals surface area contributed by atoms with Gasteiger partial charge in [0.15, 0.2) is 0 Å². The molecule has 1 N–H and O–H groups in total. The molecule has 2 aromatic rings. The molecule has 0 saturated carbocycles. The summed E-state index contributed by atoms with van der Waals surface area (Å²) in [6.45, 7) is 5.41. The lowest BCUT2D eigenvalue weighted by Gasteiger charge is -2.12. The molecule has 0 bridgehead atoms. The van der Waals surface area contributed by atoms with Gasteiger partial charge in [0.05, 0.1) is 6.10 Å². The van der Waals surface area contributed by atoms with Crippen molar-refractivity contribution in [2.24, 2.45) is 0 Å². The summed E-state index contributed by atoms with van der Waals surface area (Å²) in [6.07, 6.45) is 2.53. The highest BCUT2D eigenvalue weighted by Gasteiger charge is 2.15. The van der Waals surface area contributed by atoms with Gasteiger partial charge in [0.2, 0.25) is 0 Å². The van der Waals surface area contributed by atoms with Crippen molar-refractivity contribution in [1.82, 2.24) is 5.32 Å². The molecule has 0 radical (unpaired) electrons. The molecule has 0 aliphatic carbocycles. The van der Waals surface area contributed by atoms with E-state index in [-0.39, 0.29) is 6.10 Å². The van der Waals surface area contributed by atoms with Gasteiger partial charge in [0.1, 0.15) is 12.4 Å². The molecular formula is C20H25NO2. The van der Waals surface area contributed by atoms with Crippen molar-refractivity contribution in [2.45, 2.75) is 39.0 Å². The first-order valence-electron chi connectivity index (χ1n) is 8.39. The highest BCUT2D eigenvalue weighted by atomic mass is 16.5. The maximum atomic E-state index is 5.79. The van der Waals surface area contributed by atoms with Crippen molar-refractivity contribution in [3.8, 4) is 5.75 Å². The largest absolute Gasteiger partial charge is 0.491 e. The van der Waals surface area contributed by atoms with Crippen LogP contribution in [0, 0.1) is 6.92 Å². The Bertz CT molecular complexity index is 603. The minimum atomic E-state index is 0.269. The van der Waals surface area contributed by atoms with Crippen LogP contribution in [0.4, 0.5) is 0 Å². The van der Waals surface area contributed by atoms with Crippen molar-refractivity contribution >= 4 is 0 Å². The zero-order valence-electron chi connectivity index (χ0n) is 13.8. The lowest BCUT2D eigenvalue weighted by Crippen LogP contribution is -2.16. The van der Waals surface area contributed by atoms with E-state index in [9.17, 15) is 0 Å². The van der Waals surface area contributed by atoms with Gasteiger partial charge in [-0.3, -0.25) is 0 Å². The van der Waals surface area contributed by atoms with Crippen LogP contribution in [0.25, 0.3) is 0 Å². The summed E-state index contributed by atoms with van der Waals surface area (Å²) in [5.41, 5.74) is 3.89. The number of benzene rings is 2. The second kappa shape index (κ2) is 8.14. The van der Waals surface area contributed by atoms with Crippen LogP contribution >= 0.6 is 0 Å². The minimum absolute atomic E-state index is 0.269. The van der Waals surface area contributed by atoms with Crippen molar-refractivity contribution in [1.29, 1.82) is 0 Å². The molecular weight excluding hydrogens is 286 g/mol. The predicted octanol–water partition coefficient (Wildman–Crippen LogP) is 3.84. The van der Waals surface area contributed by atoms with Crippen LogP contribution in [-0.2, 0) is 17.8 Å². The summed E-state index contributed by atoms with van der Waals surface area (Å²) < 4.78 is 11.4. The molecule has 1 aliphatic rings. The van der Waals surface area contributed by atoms with E-state index in [1.54, 1.807) is 0 Å². The normalized spacial score (nSPS) is 17.3. The van der Waals surface area contributed by atoms with E-state index in [1.807, 2.05) is 12.1 Å². The molecule has 1 aliphatic heterocycles. The van der Waals surface area contributed by atoms with Crippen LogP contribution in [-0.4, -0.2) is 19.3 Å². The Labute approximate surface area is 138 Å². The molecule has 0 amide bonds. The Balaban J connectivity index is 1.42. The standard InChI is InChI=1S/C20H25NO2/c1-16-4-2-5-18(12-16)14-21-13-17-7-9-19(10-8-17)23-15-20-6-3-11-22-20/h2,4-5,7-10,12,20-21H,3,6,11,13-15H2,1H3. The lowest BCUT2D eigenvalue weighted by atomic mass is 10.1. The number of hydrogen-bond acceptors (Lipinski definition) is 3. The molecule has 3 heteroatoms. The first-order chi connectivity index (χ1) is 11.3. The third-order valence-electron chi connectivity index (χ3n) is 4.12. The van der Waals surface area contributed by atoms with Gasteiger partial charge in [0, 0.05) is 19.7 Å². The van der Waals surface area contributed by atoms with Crippen molar-refractivity contribution in [3.63, 3.8) is 0 Å². The van der Waals surface area contributed by atoms with Gasteiger partial charge in [-0.1, -0.05) is 42.0 Å². The number of nitrogens with one attached hydrogen (secondary N) is 1. The zero-order valence-corrected chi connectivity index (χ0v) is 13.8. The Morgan fingerprint density at radius 2 is 1.91 bits per heavy atom. The molecule has 3 nitrogen and oxygen atoms in total. The van der Waals surface area contributed by atoms with Gasteiger partial charge in [0.25, 0.3) is 0 Å². The number of rotatable bonds is 7. The molecule has 0 spiro atoms.